The summed E-state index contributed by atoms with van der Waals surface area (Å²) in [7, 11) is 0. The molecule has 1 aromatic carbocycles. The van der Waals surface area contributed by atoms with Crippen molar-refractivity contribution in [2.75, 3.05) is 12.3 Å². The van der Waals surface area contributed by atoms with Crippen molar-refractivity contribution in [3.05, 3.63) is 58.3 Å². The Kier molecular flexibility index (Phi) is 4.93. The van der Waals surface area contributed by atoms with Crippen LogP contribution in [0.2, 0.25) is 0 Å². The van der Waals surface area contributed by atoms with Crippen LogP contribution in [0.25, 0.3) is 0 Å². The van der Waals surface area contributed by atoms with Gasteiger partial charge >= 0.3 is 0 Å². The molecule has 0 fully saturated rings. The Morgan fingerprint density at radius 2 is 2.11 bits per heavy atom. The summed E-state index contributed by atoms with van der Waals surface area (Å²) in [6, 6.07) is 10.3. The minimum Gasteiger partial charge on any atom is -0.398 e. The van der Waals surface area contributed by atoms with E-state index in [1.807, 2.05) is 18.3 Å². The molecule has 0 aliphatic heterocycles. The fourth-order valence-corrected chi connectivity index (χ4v) is 2.58. The molecular weight excluding hydrogens is 302 g/mol. The van der Waals surface area contributed by atoms with Gasteiger partial charge in [-0.1, -0.05) is 41.1 Å². The van der Waals surface area contributed by atoms with E-state index in [1.54, 1.807) is 6.20 Å². The van der Waals surface area contributed by atoms with Crippen molar-refractivity contribution in [3.63, 3.8) is 0 Å². The standard InChI is InChI=1S/C15H18BrN3/c1-2-19-15(12-10-18-8-7-14(12)17)9-11-5-3-4-6-13(11)16/h3-8,10,15,19H,2,9H2,1H3,(H2,17,18). The van der Waals surface area contributed by atoms with Crippen molar-refractivity contribution >= 4 is 21.6 Å². The lowest BCUT2D eigenvalue weighted by molar-refractivity contribution is 0.549. The molecule has 0 amide bonds. The van der Waals surface area contributed by atoms with Crippen LogP contribution in [-0.4, -0.2) is 11.5 Å². The van der Waals surface area contributed by atoms with Crippen LogP contribution in [0.5, 0.6) is 0 Å². The number of pyridine rings is 1. The van der Waals surface area contributed by atoms with Gasteiger partial charge in [-0.25, -0.2) is 0 Å². The molecular formula is C15H18BrN3. The van der Waals surface area contributed by atoms with E-state index in [1.165, 1.54) is 5.56 Å². The quantitative estimate of drug-likeness (QED) is 0.888. The molecule has 0 saturated heterocycles. The second-order valence-corrected chi connectivity index (χ2v) is 5.26. The number of anilines is 1. The number of rotatable bonds is 5. The van der Waals surface area contributed by atoms with Gasteiger partial charge in [0.15, 0.2) is 0 Å². The van der Waals surface area contributed by atoms with Gasteiger partial charge in [-0.2, -0.15) is 0 Å². The molecule has 0 spiro atoms. The molecule has 3 nitrogen and oxygen atoms in total. The molecule has 2 aromatic rings. The molecule has 4 heteroatoms. The lowest BCUT2D eigenvalue weighted by atomic mass is 9.99. The van der Waals surface area contributed by atoms with E-state index in [9.17, 15) is 0 Å². The Hall–Kier alpha value is -1.39. The number of halogens is 1. The molecule has 1 unspecified atom stereocenters. The molecule has 0 bridgehead atoms. The fraction of sp³-hybridized carbons (Fsp3) is 0.267. The number of nitrogens with two attached hydrogens (primary N) is 1. The molecule has 2 rings (SSSR count). The number of aromatic nitrogens is 1. The third-order valence-electron chi connectivity index (χ3n) is 3.09. The number of hydrogen-bond donors (Lipinski definition) is 2. The van der Waals surface area contributed by atoms with E-state index < -0.39 is 0 Å². The van der Waals surface area contributed by atoms with Crippen molar-refractivity contribution in [1.29, 1.82) is 0 Å². The fourth-order valence-electron chi connectivity index (χ4n) is 2.13. The van der Waals surface area contributed by atoms with Crippen molar-refractivity contribution in [3.8, 4) is 0 Å². The Morgan fingerprint density at radius 3 is 2.79 bits per heavy atom. The maximum atomic E-state index is 6.05. The molecule has 1 heterocycles. The minimum absolute atomic E-state index is 0.178. The summed E-state index contributed by atoms with van der Waals surface area (Å²) < 4.78 is 1.13. The highest BCUT2D eigenvalue weighted by Crippen LogP contribution is 2.26. The van der Waals surface area contributed by atoms with Crippen LogP contribution in [0.15, 0.2) is 47.2 Å². The second-order valence-electron chi connectivity index (χ2n) is 4.41. The zero-order valence-electron chi connectivity index (χ0n) is 10.9. The van der Waals surface area contributed by atoms with E-state index >= 15 is 0 Å². The van der Waals surface area contributed by atoms with Gasteiger partial charge in [-0.3, -0.25) is 4.98 Å². The first-order chi connectivity index (χ1) is 9.22. The molecule has 3 N–H and O–H groups in total. The lowest BCUT2D eigenvalue weighted by Gasteiger charge is -2.20. The largest absolute Gasteiger partial charge is 0.398 e. The molecule has 0 aliphatic carbocycles. The van der Waals surface area contributed by atoms with Crippen LogP contribution in [0.1, 0.15) is 24.1 Å². The van der Waals surface area contributed by atoms with Crippen LogP contribution in [-0.2, 0) is 6.42 Å². The van der Waals surface area contributed by atoms with Gasteiger partial charge in [0.25, 0.3) is 0 Å². The summed E-state index contributed by atoms with van der Waals surface area (Å²) in [5.74, 6) is 0. The van der Waals surface area contributed by atoms with E-state index in [-0.39, 0.29) is 6.04 Å². The lowest BCUT2D eigenvalue weighted by Crippen LogP contribution is -2.24. The second kappa shape index (κ2) is 6.68. The zero-order chi connectivity index (χ0) is 13.7. The monoisotopic (exact) mass is 319 g/mol. The summed E-state index contributed by atoms with van der Waals surface area (Å²) in [5.41, 5.74) is 9.15. The smallest absolute Gasteiger partial charge is 0.0397 e. The van der Waals surface area contributed by atoms with E-state index in [0.29, 0.717) is 0 Å². The maximum absolute atomic E-state index is 6.05. The van der Waals surface area contributed by atoms with Crippen LogP contribution < -0.4 is 11.1 Å². The van der Waals surface area contributed by atoms with Crippen LogP contribution in [0.3, 0.4) is 0 Å². The first kappa shape index (κ1) is 14.0. The third kappa shape index (κ3) is 3.55. The Labute approximate surface area is 122 Å². The first-order valence-corrected chi connectivity index (χ1v) is 7.17. The van der Waals surface area contributed by atoms with Gasteiger partial charge in [0.1, 0.15) is 0 Å². The van der Waals surface area contributed by atoms with Crippen molar-refractivity contribution in [2.24, 2.45) is 0 Å². The summed E-state index contributed by atoms with van der Waals surface area (Å²) in [4.78, 5) is 4.18. The number of nitrogens with zero attached hydrogens (tertiary/aromatic N) is 1. The highest BCUT2D eigenvalue weighted by Gasteiger charge is 2.15. The number of likely N-dealkylation sites (N-methyl/N-ethyl adjacent to an activating group) is 1. The van der Waals surface area contributed by atoms with E-state index in [4.69, 9.17) is 5.73 Å². The molecule has 19 heavy (non-hydrogen) atoms. The molecule has 1 atom stereocenters. The van der Waals surface area contributed by atoms with Gasteiger partial charge < -0.3 is 11.1 Å². The minimum atomic E-state index is 0.178. The highest BCUT2D eigenvalue weighted by molar-refractivity contribution is 9.10. The van der Waals surface area contributed by atoms with Gasteiger partial charge in [-0.05, 0) is 30.7 Å². The van der Waals surface area contributed by atoms with E-state index in [2.05, 4.69) is 51.4 Å². The Morgan fingerprint density at radius 1 is 1.32 bits per heavy atom. The first-order valence-electron chi connectivity index (χ1n) is 6.38. The third-order valence-corrected chi connectivity index (χ3v) is 3.87. The van der Waals surface area contributed by atoms with E-state index in [0.717, 1.165) is 28.7 Å². The summed E-state index contributed by atoms with van der Waals surface area (Å²) >= 11 is 3.59. The van der Waals surface area contributed by atoms with Gasteiger partial charge in [0, 0.05) is 34.2 Å². The average Bonchev–Trinajstić information content (AvgIpc) is 2.41. The summed E-state index contributed by atoms with van der Waals surface area (Å²) in [6.07, 6.45) is 4.45. The molecule has 0 aliphatic rings. The zero-order valence-corrected chi connectivity index (χ0v) is 12.5. The Bertz CT molecular complexity index is 542. The molecule has 1 aromatic heterocycles. The number of hydrogen-bond acceptors (Lipinski definition) is 3. The topological polar surface area (TPSA) is 50.9 Å². The molecule has 100 valence electrons. The van der Waals surface area contributed by atoms with Gasteiger partial charge in [-0.15, -0.1) is 0 Å². The normalized spacial score (nSPS) is 12.3. The average molecular weight is 320 g/mol. The van der Waals surface area contributed by atoms with Crippen molar-refractivity contribution in [1.82, 2.24) is 10.3 Å². The maximum Gasteiger partial charge on any atom is 0.0397 e. The number of nitrogens with one attached hydrogen (secondary N) is 1. The summed E-state index contributed by atoms with van der Waals surface area (Å²) in [5, 5.41) is 3.47. The molecule has 0 saturated carbocycles. The van der Waals surface area contributed by atoms with Gasteiger partial charge in [0.05, 0.1) is 0 Å². The molecule has 0 radical (unpaired) electrons. The Balaban J connectivity index is 2.27. The predicted molar refractivity (Wildman–Crippen MR) is 82.9 cm³/mol. The van der Waals surface area contributed by atoms with Gasteiger partial charge in [0.2, 0.25) is 0 Å². The number of benzene rings is 1. The number of nitrogen functional groups attached to an aromatic ring is 1. The predicted octanol–water partition coefficient (Wildman–Crippen LogP) is 3.32. The van der Waals surface area contributed by atoms with Crippen LogP contribution >= 0.6 is 15.9 Å². The van der Waals surface area contributed by atoms with Crippen molar-refractivity contribution < 1.29 is 0 Å². The van der Waals surface area contributed by atoms with Crippen LogP contribution in [0, 0.1) is 0 Å². The SMILES string of the molecule is CCNC(Cc1ccccc1Br)c1cnccc1N. The van der Waals surface area contributed by atoms with Crippen LogP contribution in [0.4, 0.5) is 5.69 Å². The highest BCUT2D eigenvalue weighted by atomic mass is 79.9. The summed E-state index contributed by atoms with van der Waals surface area (Å²) in [6.45, 7) is 2.99. The van der Waals surface area contributed by atoms with Crippen molar-refractivity contribution in [2.45, 2.75) is 19.4 Å².